The Morgan fingerprint density at radius 1 is 1.00 bits per heavy atom. The van der Waals surface area contributed by atoms with Crippen molar-refractivity contribution in [3.63, 3.8) is 0 Å². The molecule has 23 heavy (non-hydrogen) atoms. The predicted molar refractivity (Wildman–Crippen MR) is 93.7 cm³/mol. The summed E-state index contributed by atoms with van der Waals surface area (Å²) in [5, 5.41) is 8.54. The molecular formula is C19H35NO3. The lowest BCUT2D eigenvalue weighted by atomic mass is 10.0. The van der Waals surface area contributed by atoms with Crippen LogP contribution < -0.4 is 0 Å². The maximum Gasteiger partial charge on any atom is 0.372 e. The molecule has 0 radical (unpaired) electrons. The second-order valence-electron chi connectivity index (χ2n) is 6.93. The number of hydrogen-bond acceptors (Lipinski definition) is 3. The molecule has 0 aromatic heterocycles. The van der Waals surface area contributed by atoms with Gasteiger partial charge in [0, 0.05) is 12.5 Å². The van der Waals surface area contributed by atoms with Crippen LogP contribution in [0.25, 0.3) is 0 Å². The van der Waals surface area contributed by atoms with Crippen molar-refractivity contribution in [1.82, 2.24) is 4.90 Å². The van der Waals surface area contributed by atoms with E-state index in [2.05, 4.69) is 11.8 Å². The van der Waals surface area contributed by atoms with E-state index < -0.39 is 11.8 Å². The highest BCUT2D eigenvalue weighted by molar-refractivity contribution is 6.32. The van der Waals surface area contributed by atoms with Crippen LogP contribution in [0, 0.1) is 0 Å². The Morgan fingerprint density at radius 3 is 2.43 bits per heavy atom. The first kappa shape index (κ1) is 20.1. The summed E-state index contributed by atoms with van der Waals surface area (Å²) in [6.45, 7) is 4.75. The molecule has 1 saturated heterocycles. The molecule has 1 atom stereocenters. The van der Waals surface area contributed by atoms with E-state index in [1.807, 2.05) is 0 Å². The largest absolute Gasteiger partial charge is 0.476 e. The predicted octanol–water partition coefficient (Wildman–Crippen LogP) is 4.42. The van der Waals surface area contributed by atoms with Crippen molar-refractivity contribution in [2.75, 3.05) is 13.1 Å². The van der Waals surface area contributed by atoms with Gasteiger partial charge >= 0.3 is 5.97 Å². The van der Waals surface area contributed by atoms with Crippen molar-refractivity contribution in [3.05, 3.63) is 0 Å². The smallest absolute Gasteiger partial charge is 0.372 e. The first-order chi connectivity index (χ1) is 11.1. The minimum Gasteiger partial charge on any atom is -0.476 e. The molecule has 0 aromatic carbocycles. The number of unbranched alkanes of at least 4 members (excludes halogenated alkanes) is 7. The molecule has 0 amide bonds. The third kappa shape index (κ3) is 9.09. The lowest BCUT2D eigenvalue weighted by Gasteiger charge is -2.24. The van der Waals surface area contributed by atoms with Crippen molar-refractivity contribution in [3.8, 4) is 0 Å². The summed E-state index contributed by atoms with van der Waals surface area (Å²) in [6.07, 6.45) is 15.0. The molecule has 1 rings (SSSR count). The van der Waals surface area contributed by atoms with E-state index in [9.17, 15) is 9.59 Å². The maximum atomic E-state index is 11.0. The van der Waals surface area contributed by atoms with Crippen LogP contribution in [0.1, 0.15) is 90.4 Å². The summed E-state index contributed by atoms with van der Waals surface area (Å²) in [6, 6.07) is 0.723. The van der Waals surface area contributed by atoms with Gasteiger partial charge in [-0.2, -0.15) is 0 Å². The highest BCUT2D eigenvalue weighted by Crippen LogP contribution is 2.23. The van der Waals surface area contributed by atoms with Gasteiger partial charge in [-0.3, -0.25) is 4.79 Å². The number of Topliss-reactive ketones (excluding diaryl/α,β-unsaturated/α-hetero) is 1. The molecule has 134 valence electrons. The van der Waals surface area contributed by atoms with Gasteiger partial charge in [0.1, 0.15) is 0 Å². The Balaban J connectivity index is 2.04. The topological polar surface area (TPSA) is 57.6 Å². The Labute approximate surface area is 141 Å². The Hall–Kier alpha value is -0.900. The molecular weight excluding hydrogens is 290 g/mol. The molecule has 0 spiro atoms. The third-order valence-corrected chi connectivity index (χ3v) is 4.98. The summed E-state index contributed by atoms with van der Waals surface area (Å²) >= 11 is 0. The van der Waals surface area contributed by atoms with Crippen LogP contribution in [0.2, 0.25) is 0 Å². The van der Waals surface area contributed by atoms with Crippen LogP contribution in [0.4, 0.5) is 0 Å². The highest BCUT2D eigenvalue weighted by Gasteiger charge is 2.23. The molecule has 0 aliphatic carbocycles. The average Bonchev–Trinajstić information content (AvgIpc) is 2.97. The van der Waals surface area contributed by atoms with Gasteiger partial charge in [-0.05, 0) is 45.2 Å². The molecule has 1 aliphatic rings. The van der Waals surface area contributed by atoms with Crippen molar-refractivity contribution in [1.29, 1.82) is 0 Å². The molecule has 0 bridgehead atoms. The number of aliphatic carboxylic acids is 1. The van der Waals surface area contributed by atoms with Crippen LogP contribution in [0.5, 0.6) is 0 Å². The van der Waals surface area contributed by atoms with E-state index >= 15 is 0 Å². The van der Waals surface area contributed by atoms with E-state index in [0.29, 0.717) is 0 Å². The van der Waals surface area contributed by atoms with Crippen molar-refractivity contribution >= 4 is 11.8 Å². The number of ketones is 1. The second-order valence-corrected chi connectivity index (χ2v) is 6.93. The Bertz CT molecular complexity index is 344. The van der Waals surface area contributed by atoms with Gasteiger partial charge in [-0.25, -0.2) is 4.79 Å². The maximum absolute atomic E-state index is 11.0. The van der Waals surface area contributed by atoms with Gasteiger partial charge < -0.3 is 10.0 Å². The van der Waals surface area contributed by atoms with Gasteiger partial charge in [0.2, 0.25) is 5.78 Å². The normalized spacial score (nSPS) is 18.4. The molecule has 1 heterocycles. The van der Waals surface area contributed by atoms with E-state index in [-0.39, 0.29) is 6.42 Å². The number of carboxylic acid groups (broad SMARTS) is 1. The zero-order chi connectivity index (χ0) is 16.9. The van der Waals surface area contributed by atoms with E-state index in [1.54, 1.807) is 0 Å². The molecule has 4 heteroatoms. The van der Waals surface area contributed by atoms with Crippen LogP contribution >= 0.6 is 0 Å². The molecule has 0 unspecified atom stereocenters. The molecule has 1 fully saturated rings. The van der Waals surface area contributed by atoms with Gasteiger partial charge in [-0.1, -0.05) is 51.9 Å². The molecule has 0 aromatic rings. The number of rotatable bonds is 14. The minimum absolute atomic E-state index is 0.196. The molecule has 1 N–H and O–H groups in total. The number of carbonyl (C=O) groups excluding carboxylic acids is 1. The quantitative estimate of drug-likeness (QED) is 0.379. The monoisotopic (exact) mass is 325 g/mol. The van der Waals surface area contributed by atoms with Crippen molar-refractivity contribution < 1.29 is 14.7 Å². The average molecular weight is 325 g/mol. The van der Waals surface area contributed by atoms with Gasteiger partial charge in [0.15, 0.2) is 0 Å². The zero-order valence-corrected chi connectivity index (χ0v) is 14.9. The van der Waals surface area contributed by atoms with Crippen LogP contribution in [0.15, 0.2) is 0 Å². The summed E-state index contributed by atoms with van der Waals surface area (Å²) in [7, 11) is 0. The zero-order valence-electron chi connectivity index (χ0n) is 14.9. The first-order valence-electron chi connectivity index (χ1n) is 9.65. The molecule has 0 saturated carbocycles. The van der Waals surface area contributed by atoms with Crippen LogP contribution in [0.3, 0.4) is 0 Å². The van der Waals surface area contributed by atoms with Crippen LogP contribution in [-0.2, 0) is 9.59 Å². The van der Waals surface area contributed by atoms with Gasteiger partial charge in [0.05, 0.1) is 0 Å². The number of hydrogen-bond donors (Lipinski definition) is 1. The number of nitrogens with zero attached hydrogens (tertiary/aromatic N) is 1. The molecule has 1 aliphatic heterocycles. The number of likely N-dealkylation sites (tertiary alicyclic amines) is 1. The lowest BCUT2D eigenvalue weighted by Crippen LogP contribution is -2.30. The SMILES string of the molecule is CCCCCCCCN1CCC[C@@H]1CCCCCC(=O)C(=O)O. The van der Waals surface area contributed by atoms with Gasteiger partial charge in [0.25, 0.3) is 0 Å². The summed E-state index contributed by atoms with van der Waals surface area (Å²) < 4.78 is 0. The number of carbonyl (C=O) groups is 2. The van der Waals surface area contributed by atoms with Gasteiger partial charge in [-0.15, -0.1) is 0 Å². The lowest BCUT2D eigenvalue weighted by molar-refractivity contribution is -0.149. The van der Waals surface area contributed by atoms with Crippen molar-refractivity contribution in [2.24, 2.45) is 0 Å². The third-order valence-electron chi connectivity index (χ3n) is 4.98. The highest BCUT2D eigenvalue weighted by atomic mass is 16.4. The fraction of sp³-hybridized carbons (Fsp3) is 0.895. The number of carboxylic acids is 1. The van der Waals surface area contributed by atoms with Crippen molar-refractivity contribution in [2.45, 2.75) is 96.4 Å². The summed E-state index contributed by atoms with van der Waals surface area (Å²) in [5.74, 6) is -1.93. The fourth-order valence-corrected chi connectivity index (χ4v) is 3.56. The van der Waals surface area contributed by atoms with E-state index in [1.165, 1.54) is 70.9 Å². The summed E-state index contributed by atoms with van der Waals surface area (Å²) in [4.78, 5) is 24.1. The Morgan fingerprint density at radius 2 is 1.70 bits per heavy atom. The molecule has 4 nitrogen and oxygen atoms in total. The fourth-order valence-electron chi connectivity index (χ4n) is 3.56. The van der Waals surface area contributed by atoms with E-state index in [4.69, 9.17) is 5.11 Å². The second kappa shape index (κ2) is 12.5. The van der Waals surface area contributed by atoms with E-state index in [0.717, 1.165) is 25.3 Å². The minimum atomic E-state index is -1.29. The Kier molecular flexibility index (Phi) is 11.0. The first-order valence-corrected chi connectivity index (χ1v) is 9.65. The standard InChI is InChI=1S/C19H35NO3/c1-2-3-4-5-6-10-15-20-16-11-13-17(20)12-8-7-9-14-18(21)19(22)23/h17H,2-16H2,1H3,(H,22,23)/t17-/m0/s1. The summed E-state index contributed by atoms with van der Waals surface area (Å²) in [5.41, 5.74) is 0. The van der Waals surface area contributed by atoms with Crippen LogP contribution in [-0.4, -0.2) is 40.9 Å².